The monoisotopic (exact) mass is 308 g/mol. The first-order valence-electron chi connectivity index (χ1n) is 5.48. The predicted octanol–water partition coefficient (Wildman–Crippen LogP) is 2.50. The lowest BCUT2D eigenvalue weighted by molar-refractivity contribution is 0.382. The summed E-state index contributed by atoms with van der Waals surface area (Å²) in [6, 6.07) is 2.91. The van der Waals surface area contributed by atoms with Crippen molar-refractivity contribution in [1.82, 2.24) is 9.29 Å². The molecule has 0 N–H and O–H groups in total. The van der Waals surface area contributed by atoms with Crippen LogP contribution in [0, 0.1) is 0 Å². The van der Waals surface area contributed by atoms with Crippen molar-refractivity contribution in [3.05, 3.63) is 23.5 Å². The largest absolute Gasteiger partial charge is 0.244 e. The average Bonchev–Trinajstić information content (AvgIpc) is 2.35. The summed E-state index contributed by atoms with van der Waals surface area (Å²) < 4.78 is 26.0. The van der Waals surface area contributed by atoms with Crippen molar-refractivity contribution in [3.63, 3.8) is 0 Å². The van der Waals surface area contributed by atoms with Gasteiger partial charge in [-0.05, 0) is 37.5 Å². The first-order chi connectivity index (χ1) is 8.39. The molecular formula is C11H17ClN2O2S2. The lowest BCUT2D eigenvalue weighted by Gasteiger charge is -2.23. The average molecular weight is 309 g/mol. The van der Waals surface area contributed by atoms with Crippen molar-refractivity contribution >= 4 is 33.4 Å². The zero-order chi connectivity index (χ0) is 13.8. The summed E-state index contributed by atoms with van der Waals surface area (Å²) in [4.78, 5) is 3.98. The fourth-order valence-electron chi connectivity index (χ4n) is 1.39. The second-order valence-electron chi connectivity index (χ2n) is 3.97. The van der Waals surface area contributed by atoms with Crippen LogP contribution in [0.2, 0.25) is 5.15 Å². The highest BCUT2D eigenvalue weighted by Crippen LogP contribution is 2.19. The van der Waals surface area contributed by atoms with Crippen LogP contribution in [0.1, 0.15) is 13.3 Å². The Labute approximate surface area is 118 Å². The molecule has 1 unspecified atom stereocenters. The number of rotatable bonds is 6. The Morgan fingerprint density at radius 2 is 2.17 bits per heavy atom. The highest BCUT2D eigenvalue weighted by atomic mass is 35.5. The van der Waals surface area contributed by atoms with Gasteiger partial charge in [0.1, 0.15) is 10.0 Å². The normalized spacial score (nSPS) is 13.8. The van der Waals surface area contributed by atoms with Crippen LogP contribution in [0.4, 0.5) is 0 Å². The van der Waals surface area contributed by atoms with Gasteiger partial charge in [-0.15, -0.1) is 0 Å². The van der Waals surface area contributed by atoms with Crippen LogP contribution in [-0.4, -0.2) is 42.8 Å². The molecule has 0 aliphatic carbocycles. The summed E-state index contributed by atoms with van der Waals surface area (Å²) in [6.45, 7) is 1.90. The van der Waals surface area contributed by atoms with Crippen molar-refractivity contribution in [2.75, 3.05) is 19.1 Å². The van der Waals surface area contributed by atoms with E-state index in [4.69, 9.17) is 11.6 Å². The third-order valence-corrected chi connectivity index (χ3v) is 5.56. The standard InChI is InChI=1S/C11H17ClN2O2S2/c1-9(6-7-17-3)14(2)18(15,16)10-4-5-11(12)13-8-10/h4-5,8-9H,6-7H2,1-3H3. The summed E-state index contributed by atoms with van der Waals surface area (Å²) in [5, 5.41) is 0.284. The van der Waals surface area contributed by atoms with Gasteiger partial charge in [-0.25, -0.2) is 13.4 Å². The second-order valence-corrected chi connectivity index (χ2v) is 7.34. The predicted molar refractivity (Wildman–Crippen MR) is 76.7 cm³/mol. The molecule has 1 aromatic heterocycles. The van der Waals surface area contributed by atoms with E-state index in [2.05, 4.69) is 4.98 Å². The highest BCUT2D eigenvalue weighted by molar-refractivity contribution is 7.98. The van der Waals surface area contributed by atoms with Crippen LogP contribution < -0.4 is 0 Å². The van der Waals surface area contributed by atoms with Gasteiger partial charge >= 0.3 is 0 Å². The third kappa shape index (κ3) is 3.85. The maximum Gasteiger partial charge on any atom is 0.244 e. The van der Waals surface area contributed by atoms with E-state index >= 15 is 0 Å². The van der Waals surface area contributed by atoms with E-state index < -0.39 is 10.0 Å². The highest BCUT2D eigenvalue weighted by Gasteiger charge is 2.25. The van der Waals surface area contributed by atoms with Crippen LogP contribution in [0.25, 0.3) is 0 Å². The fraction of sp³-hybridized carbons (Fsp3) is 0.545. The van der Waals surface area contributed by atoms with Crippen LogP contribution in [-0.2, 0) is 10.0 Å². The minimum atomic E-state index is -3.48. The van der Waals surface area contributed by atoms with E-state index in [0.717, 1.165) is 12.2 Å². The first kappa shape index (κ1) is 15.8. The van der Waals surface area contributed by atoms with Gasteiger partial charge < -0.3 is 0 Å². The first-order valence-corrected chi connectivity index (χ1v) is 8.69. The molecule has 0 aliphatic heterocycles. The molecule has 0 radical (unpaired) electrons. The fourth-order valence-corrected chi connectivity index (χ4v) is 3.41. The summed E-state index contributed by atoms with van der Waals surface area (Å²) in [7, 11) is -1.89. The molecule has 0 amide bonds. The van der Waals surface area contributed by atoms with Crippen molar-refractivity contribution in [3.8, 4) is 0 Å². The van der Waals surface area contributed by atoms with E-state index in [0.29, 0.717) is 0 Å². The van der Waals surface area contributed by atoms with Crippen LogP contribution in [0.5, 0.6) is 0 Å². The van der Waals surface area contributed by atoms with Crippen LogP contribution >= 0.6 is 23.4 Å². The van der Waals surface area contributed by atoms with Gasteiger partial charge in [-0.1, -0.05) is 11.6 Å². The summed E-state index contributed by atoms with van der Waals surface area (Å²) >= 11 is 7.35. The molecular weight excluding hydrogens is 292 g/mol. The van der Waals surface area contributed by atoms with Gasteiger partial charge in [0, 0.05) is 19.3 Å². The molecule has 0 aromatic carbocycles. The summed E-state index contributed by atoms with van der Waals surface area (Å²) in [6.07, 6.45) is 4.11. The lowest BCUT2D eigenvalue weighted by Crippen LogP contribution is -2.35. The number of aromatic nitrogens is 1. The molecule has 7 heteroatoms. The molecule has 0 spiro atoms. The maximum atomic E-state index is 12.3. The Hall–Kier alpha value is -0.300. The van der Waals surface area contributed by atoms with Crippen molar-refractivity contribution in [1.29, 1.82) is 0 Å². The Balaban J connectivity index is 2.89. The Kier molecular flexibility index (Phi) is 5.91. The van der Waals surface area contributed by atoms with Gasteiger partial charge in [-0.3, -0.25) is 0 Å². The van der Waals surface area contributed by atoms with Crippen molar-refractivity contribution in [2.45, 2.75) is 24.3 Å². The molecule has 0 aliphatic rings. The number of pyridine rings is 1. The summed E-state index contributed by atoms with van der Waals surface area (Å²) in [5.74, 6) is 0.930. The van der Waals surface area contributed by atoms with E-state index in [-0.39, 0.29) is 16.1 Å². The minimum Gasteiger partial charge on any atom is -0.243 e. The van der Waals surface area contributed by atoms with Crippen LogP contribution in [0.3, 0.4) is 0 Å². The number of nitrogens with zero attached hydrogens (tertiary/aromatic N) is 2. The molecule has 1 heterocycles. The minimum absolute atomic E-state index is 0.0434. The van der Waals surface area contributed by atoms with E-state index in [9.17, 15) is 8.42 Å². The van der Waals surface area contributed by atoms with Gasteiger partial charge in [-0.2, -0.15) is 16.1 Å². The van der Waals surface area contributed by atoms with E-state index in [1.165, 1.54) is 22.6 Å². The zero-order valence-electron chi connectivity index (χ0n) is 10.6. The number of halogens is 1. The molecule has 0 saturated heterocycles. The molecule has 1 atom stereocenters. The van der Waals surface area contributed by atoms with Gasteiger partial charge in [0.25, 0.3) is 0 Å². The number of sulfonamides is 1. The Morgan fingerprint density at radius 3 is 2.67 bits per heavy atom. The molecule has 0 fully saturated rings. The third-order valence-electron chi connectivity index (χ3n) is 2.74. The van der Waals surface area contributed by atoms with Gasteiger partial charge in [0.05, 0.1) is 0 Å². The number of hydrogen-bond acceptors (Lipinski definition) is 4. The van der Waals surface area contributed by atoms with Crippen LogP contribution in [0.15, 0.2) is 23.2 Å². The van der Waals surface area contributed by atoms with E-state index in [1.807, 2.05) is 13.2 Å². The quantitative estimate of drug-likeness (QED) is 0.758. The van der Waals surface area contributed by atoms with Gasteiger partial charge in [0.15, 0.2) is 0 Å². The molecule has 18 heavy (non-hydrogen) atoms. The van der Waals surface area contributed by atoms with Crippen molar-refractivity contribution < 1.29 is 8.42 Å². The van der Waals surface area contributed by atoms with Crippen molar-refractivity contribution in [2.24, 2.45) is 0 Å². The Morgan fingerprint density at radius 1 is 1.50 bits per heavy atom. The molecule has 1 rings (SSSR count). The molecule has 4 nitrogen and oxygen atoms in total. The number of thioether (sulfide) groups is 1. The maximum absolute atomic E-state index is 12.3. The van der Waals surface area contributed by atoms with E-state index in [1.54, 1.807) is 18.8 Å². The SMILES string of the molecule is CSCCC(C)N(C)S(=O)(=O)c1ccc(Cl)nc1. The lowest BCUT2D eigenvalue weighted by atomic mass is 10.3. The Bertz CT molecular complexity index is 476. The zero-order valence-corrected chi connectivity index (χ0v) is 13.0. The molecule has 1 aromatic rings. The molecule has 0 saturated carbocycles. The molecule has 0 bridgehead atoms. The van der Waals surface area contributed by atoms with Gasteiger partial charge in [0.2, 0.25) is 10.0 Å². The topological polar surface area (TPSA) is 50.3 Å². The second kappa shape index (κ2) is 6.75. The molecule has 102 valence electrons. The summed E-state index contributed by atoms with van der Waals surface area (Å²) in [5.41, 5.74) is 0. The smallest absolute Gasteiger partial charge is 0.243 e. The number of hydrogen-bond donors (Lipinski definition) is 0.